The molecule has 0 atom stereocenters. The van der Waals surface area contributed by atoms with Gasteiger partial charge in [0.25, 0.3) is 5.91 Å². The predicted molar refractivity (Wildman–Crippen MR) is 66.6 cm³/mol. The van der Waals surface area contributed by atoms with Gasteiger partial charge in [0.1, 0.15) is 5.69 Å². The zero-order valence-electron chi connectivity index (χ0n) is 9.31. The molecule has 1 aromatic carbocycles. The number of carbonyl (C=O) groups is 1. The van der Waals surface area contributed by atoms with Crippen molar-refractivity contribution < 1.29 is 4.79 Å². The third-order valence-electron chi connectivity index (χ3n) is 2.92. The Morgan fingerprint density at radius 2 is 2.18 bits per heavy atom. The number of nitrogens with one attached hydrogen (secondary N) is 1. The van der Waals surface area contributed by atoms with Crippen LogP contribution in [0.25, 0.3) is 10.8 Å². The van der Waals surface area contributed by atoms with Crippen molar-refractivity contribution in [3.8, 4) is 0 Å². The van der Waals surface area contributed by atoms with Crippen molar-refractivity contribution in [2.45, 2.75) is 18.9 Å². The number of benzene rings is 1. The number of hydrogen-bond donors (Lipinski definition) is 2. The fraction of sp³-hybridized carbons (Fsp3) is 0.231. The Bertz CT molecular complexity index is 590. The molecule has 3 N–H and O–H groups in total. The smallest absolute Gasteiger partial charge is 0.270 e. The van der Waals surface area contributed by atoms with E-state index < -0.39 is 0 Å². The molecule has 0 aliphatic heterocycles. The van der Waals surface area contributed by atoms with E-state index in [0.29, 0.717) is 17.4 Å². The van der Waals surface area contributed by atoms with Crippen molar-refractivity contribution in [2.75, 3.05) is 5.73 Å². The lowest BCUT2D eigenvalue weighted by molar-refractivity contribution is 0.0948. The Morgan fingerprint density at radius 1 is 1.35 bits per heavy atom. The molecule has 0 saturated heterocycles. The molecule has 86 valence electrons. The number of hydrogen-bond acceptors (Lipinski definition) is 3. The molecule has 1 aliphatic rings. The highest BCUT2D eigenvalue weighted by Gasteiger charge is 2.24. The van der Waals surface area contributed by atoms with E-state index in [1.54, 1.807) is 12.3 Å². The maximum absolute atomic E-state index is 12.0. The molecule has 1 heterocycles. The number of rotatable bonds is 2. The summed E-state index contributed by atoms with van der Waals surface area (Å²) in [5.74, 6) is -0.0946. The number of nitrogens with zero attached hydrogens (tertiary/aromatic N) is 1. The molecular formula is C13H13N3O. The lowest BCUT2D eigenvalue weighted by atomic mass is 10.1. The predicted octanol–water partition coefficient (Wildman–Crippen LogP) is 1.71. The van der Waals surface area contributed by atoms with E-state index in [0.717, 1.165) is 23.6 Å². The molecule has 0 radical (unpaired) electrons. The van der Waals surface area contributed by atoms with Crippen LogP contribution in [0.5, 0.6) is 0 Å². The summed E-state index contributed by atoms with van der Waals surface area (Å²) >= 11 is 0. The Balaban J connectivity index is 2.05. The molecule has 4 heteroatoms. The zero-order chi connectivity index (χ0) is 11.8. The van der Waals surface area contributed by atoms with Gasteiger partial charge in [0.05, 0.1) is 0 Å². The van der Waals surface area contributed by atoms with Gasteiger partial charge in [-0.05, 0) is 42.5 Å². The lowest BCUT2D eigenvalue weighted by Gasteiger charge is -2.06. The van der Waals surface area contributed by atoms with Crippen LogP contribution in [0.1, 0.15) is 23.3 Å². The Labute approximate surface area is 98.8 Å². The van der Waals surface area contributed by atoms with Gasteiger partial charge >= 0.3 is 0 Å². The summed E-state index contributed by atoms with van der Waals surface area (Å²) in [4.78, 5) is 16.2. The van der Waals surface area contributed by atoms with Crippen LogP contribution < -0.4 is 11.1 Å². The largest absolute Gasteiger partial charge is 0.399 e. The first-order chi connectivity index (χ1) is 8.24. The van der Waals surface area contributed by atoms with Crippen LogP contribution in [0.2, 0.25) is 0 Å². The minimum atomic E-state index is -0.0946. The number of carbonyl (C=O) groups excluding carboxylic acids is 1. The maximum atomic E-state index is 12.0. The van der Waals surface area contributed by atoms with Crippen molar-refractivity contribution in [2.24, 2.45) is 0 Å². The molecular weight excluding hydrogens is 214 g/mol. The summed E-state index contributed by atoms with van der Waals surface area (Å²) in [6.45, 7) is 0. The average molecular weight is 227 g/mol. The number of nitrogen functional groups attached to an aromatic ring is 1. The summed E-state index contributed by atoms with van der Waals surface area (Å²) in [6.07, 6.45) is 3.79. The molecule has 1 aromatic heterocycles. The molecule has 0 spiro atoms. The van der Waals surface area contributed by atoms with Gasteiger partial charge in [0.15, 0.2) is 0 Å². The van der Waals surface area contributed by atoms with Gasteiger partial charge in [-0.25, -0.2) is 0 Å². The van der Waals surface area contributed by atoms with E-state index in [9.17, 15) is 4.79 Å². The van der Waals surface area contributed by atoms with Gasteiger partial charge in [-0.3, -0.25) is 9.78 Å². The molecule has 0 bridgehead atoms. The summed E-state index contributed by atoms with van der Waals surface area (Å²) in [5, 5.41) is 4.74. The number of amides is 1. The van der Waals surface area contributed by atoms with Crippen molar-refractivity contribution in [3.63, 3.8) is 0 Å². The van der Waals surface area contributed by atoms with Crippen molar-refractivity contribution in [1.82, 2.24) is 10.3 Å². The van der Waals surface area contributed by atoms with Crippen LogP contribution in [0, 0.1) is 0 Å². The number of aromatic nitrogens is 1. The maximum Gasteiger partial charge on any atom is 0.270 e. The Kier molecular flexibility index (Phi) is 2.21. The quantitative estimate of drug-likeness (QED) is 0.767. The third-order valence-corrected chi connectivity index (χ3v) is 2.92. The van der Waals surface area contributed by atoms with E-state index in [1.807, 2.05) is 18.2 Å². The van der Waals surface area contributed by atoms with Gasteiger partial charge in [-0.2, -0.15) is 0 Å². The fourth-order valence-electron chi connectivity index (χ4n) is 1.86. The van der Waals surface area contributed by atoms with Crippen LogP contribution in [-0.2, 0) is 0 Å². The van der Waals surface area contributed by atoms with Crippen LogP contribution in [0.4, 0.5) is 5.69 Å². The van der Waals surface area contributed by atoms with Crippen molar-refractivity contribution in [3.05, 3.63) is 36.2 Å². The second-order valence-corrected chi connectivity index (χ2v) is 4.39. The van der Waals surface area contributed by atoms with E-state index in [4.69, 9.17) is 5.73 Å². The highest BCUT2D eigenvalue weighted by atomic mass is 16.2. The molecule has 4 nitrogen and oxygen atoms in total. The van der Waals surface area contributed by atoms with Crippen LogP contribution in [0.15, 0.2) is 30.5 Å². The van der Waals surface area contributed by atoms with Gasteiger partial charge in [-0.1, -0.05) is 0 Å². The standard InChI is InChI=1S/C13H13N3O/c14-9-1-4-11-8(7-9)5-6-15-12(11)13(17)16-10-2-3-10/h1,4-7,10H,2-3,14H2,(H,16,17). The molecule has 2 aromatic rings. The van der Waals surface area contributed by atoms with E-state index in [-0.39, 0.29) is 5.91 Å². The molecule has 3 rings (SSSR count). The van der Waals surface area contributed by atoms with E-state index >= 15 is 0 Å². The van der Waals surface area contributed by atoms with Gasteiger partial charge < -0.3 is 11.1 Å². The molecule has 1 saturated carbocycles. The molecule has 1 fully saturated rings. The number of nitrogens with two attached hydrogens (primary N) is 1. The highest BCUT2D eigenvalue weighted by molar-refractivity contribution is 6.05. The van der Waals surface area contributed by atoms with Crippen LogP contribution in [-0.4, -0.2) is 16.9 Å². The van der Waals surface area contributed by atoms with Crippen molar-refractivity contribution in [1.29, 1.82) is 0 Å². The first kappa shape index (κ1) is 10.1. The molecule has 1 aliphatic carbocycles. The number of anilines is 1. The topological polar surface area (TPSA) is 68.0 Å². The lowest BCUT2D eigenvalue weighted by Crippen LogP contribution is -2.26. The minimum absolute atomic E-state index is 0.0946. The molecule has 17 heavy (non-hydrogen) atoms. The monoisotopic (exact) mass is 227 g/mol. The summed E-state index contributed by atoms with van der Waals surface area (Å²) in [7, 11) is 0. The Hall–Kier alpha value is -2.10. The highest BCUT2D eigenvalue weighted by Crippen LogP contribution is 2.22. The molecule has 0 unspecified atom stereocenters. The number of fused-ring (bicyclic) bond motifs is 1. The second-order valence-electron chi connectivity index (χ2n) is 4.39. The van der Waals surface area contributed by atoms with Crippen LogP contribution >= 0.6 is 0 Å². The first-order valence-electron chi connectivity index (χ1n) is 5.69. The summed E-state index contributed by atoms with van der Waals surface area (Å²) in [6, 6.07) is 7.69. The van der Waals surface area contributed by atoms with Gasteiger partial charge in [0, 0.05) is 23.3 Å². The fourth-order valence-corrected chi connectivity index (χ4v) is 1.86. The Morgan fingerprint density at radius 3 is 2.94 bits per heavy atom. The second kappa shape index (κ2) is 3.73. The number of pyridine rings is 1. The van der Waals surface area contributed by atoms with E-state index in [1.165, 1.54) is 0 Å². The van der Waals surface area contributed by atoms with Crippen molar-refractivity contribution >= 4 is 22.4 Å². The normalized spacial score (nSPS) is 14.8. The average Bonchev–Trinajstić information content (AvgIpc) is 3.11. The SMILES string of the molecule is Nc1ccc2c(C(=O)NC3CC3)nccc2c1. The zero-order valence-corrected chi connectivity index (χ0v) is 9.31. The van der Waals surface area contributed by atoms with Gasteiger partial charge in [-0.15, -0.1) is 0 Å². The van der Waals surface area contributed by atoms with Gasteiger partial charge in [0.2, 0.25) is 0 Å². The van der Waals surface area contributed by atoms with E-state index in [2.05, 4.69) is 10.3 Å². The minimum Gasteiger partial charge on any atom is -0.399 e. The van der Waals surface area contributed by atoms with Crippen LogP contribution in [0.3, 0.4) is 0 Å². The first-order valence-corrected chi connectivity index (χ1v) is 5.69. The molecule has 1 amide bonds. The summed E-state index contributed by atoms with van der Waals surface area (Å²) in [5.41, 5.74) is 6.89. The summed E-state index contributed by atoms with van der Waals surface area (Å²) < 4.78 is 0. The third kappa shape index (κ3) is 1.93.